The number of nitrogens with one attached hydrogen (secondary N) is 1. The molecule has 2 heterocycles. The van der Waals surface area contributed by atoms with Crippen molar-refractivity contribution in [1.82, 2.24) is 15.0 Å². The first-order chi connectivity index (χ1) is 13.5. The summed E-state index contributed by atoms with van der Waals surface area (Å²) in [5.41, 5.74) is 0. The first kappa shape index (κ1) is 28.6. The Morgan fingerprint density at radius 1 is 1.19 bits per heavy atom. The summed E-state index contributed by atoms with van der Waals surface area (Å²) in [6.07, 6.45) is -3.73. The van der Waals surface area contributed by atoms with Gasteiger partial charge in [-0.05, 0) is 12.1 Å². The first-order valence-electron chi connectivity index (χ1n) is 7.44. The number of nitrogens with zero attached hydrogens (tertiary/aromatic N) is 4. The van der Waals surface area contributed by atoms with E-state index in [4.69, 9.17) is 9.47 Å². The van der Waals surface area contributed by atoms with E-state index in [0.717, 1.165) is 18.3 Å². The van der Waals surface area contributed by atoms with Crippen LogP contribution < -0.4 is 49.1 Å². The van der Waals surface area contributed by atoms with E-state index in [1.165, 1.54) is 20.3 Å². The van der Waals surface area contributed by atoms with Gasteiger partial charge in [-0.15, -0.1) is 0 Å². The molecule has 0 saturated heterocycles. The number of ether oxygens (including phenoxy) is 3. The Labute approximate surface area is 196 Å². The van der Waals surface area contributed by atoms with E-state index in [2.05, 4.69) is 24.4 Å². The molecule has 166 valence electrons. The zero-order valence-electron chi connectivity index (χ0n) is 16.3. The average Bonchev–Trinajstić information content (AvgIpc) is 2.65. The van der Waals surface area contributed by atoms with Crippen LogP contribution in [0.5, 0.6) is 17.5 Å². The number of urea groups is 1. The SMILES string of the molecule is COc1cc(OC)nc(NC(=O)[N-]S(=O)(=O)c2ncccc2OCC(F)(F)F)n1.O.[Na+]. The molecule has 0 aliphatic carbocycles. The van der Waals surface area contributed by atoms with E-state index < -0.39 is 39.6 Å². The molecule has 0 unspecified atom stereocenters. The number of hydrogen-bond acceptors (Lipinski definition) is 9. The van der Waals surface area contributed by atoms with Gasteiger partial charge in [0.25, 0.3) is 0 Å². The van der Waals surface area contributed by atoms with Gasteiger partial charge in [-0.3, -0.25) is 4.79 Å². The van der Waals surface area contributed by atoms with E-state index in [1.807, 2.05) is 5.32 Å². The zero-order chi connectivity index (χ0) is 21.7. The van der Waals surface area contributed by atoms with Gasteiger partial charge in [0.05, 0.1) is 20.3 Å². The molecule has 0 aliphatic heterocycles. The third-order valence-corrected chi connectivity index (χ3v) is 4.09. The Bertz CT molecular complexity index is 972. The van der Waals surface area contributed by atoms with Crippen molar-refractivity contribution < 1.29 is 75.6 Å². The van der Waals surface area contributed by atoms with Gasteiger partial charge < -0.3 is 29.7 Å². The number of aromatic nitrogens is 3. The summed E-state index contributed by atoms with van der Waals surface area (Å²) in [7, 11) is -2.25. The number of methoxy groups -OCH3 is 2. The normalized spacial score (nSPS) is 10.7. The molecule has 12 nitrogen and oxygen atoms in total. The van der Waals surface area contributed by atoms with E-state index in [-0.39, 0.29) is 52.7 Å². The number of rotatable bonds is 7. The molecule has 2 rings (SSSR count). The van der Waals surface area contributed by atoms with Crippen molar-refractivity contribution in [2.24, 2.45) is 0 Å². The fraction of sp³-hybridized carbons (Fsp3) is 0.286. The number of amides is 2. The number of alkyl halides is 3. The number of halogens is 3. The molecular weight excluding hydrogens is 462 g/mol. The van der Waals surface area contributed by atoms with Gasteiger partial charge >= 0.3 is 35.7 Å². The van der Waals surface area contributed by atoms with Gasteiger partial charge in [-0.2, -0.15) is 23.1 Å². The molecule has 2 amide bonds. The van der Waals surface area contributed by atoms with E-state index in [1.54, 1.807) is 0 Å². The largest absolute Gasteiger partial charge is 1.00 e. The van der Waals surface area contributed by atoms with Crippen molar-refractivity contribution in [3.05, 3.63) is 29.1 Å². The van der Waals surface area contributed by atoms with E-state index >= 15 is 0 Å². The number of sulfonamides is 1. The van der Waals surface area contributed by atoms with Crippen LogP contribution in [0.2, 0.25) is 0 Å². The van der Waals surface area contributed by atoms with Crippen molar-refractivity contribution in [3.63, 3.8) is 0 Å². The summed E-state index contributed by atoms with van der Waals surface area (Å²) in [6, 6.07) is 1.95. The van der Waals surface area contributed by atoms with Crippen molar-refractivity contribution in [1.29, 1.82) is 0 Å². The van der Waals surface area contributed by atoms with Crippen LogP contribution in [-0.4, -0.2) is 61.9 Å². The number of pyridine rings is 1. The molecule has 0 fully saturated rings. The van der Waals surface area contributed by atoms with Crippen molar-refractivity contribution in [2.75, 3.05) is 26.1 Å². The van der Waals surface area contributed by atoms with Crippen molar-refractivity contribution in [2.45, 2.75) is 11.2 Å². The molecule has 0 bridgehead atoms. The molecule has 2 aromatic heterocycles. The maximum Gasteiger partial charge on any atom is 1.00 e. The standard InChI is InChI=1S/C14H14F3N5O6S.Na.H2O/c1-26-9-6-10(27-2)20-12(19-9)21-13(23)22-29(24,25)11-8(4-3-5-18-11)28-7-14(15,16)17;;/h3-6H,7H2,1-2H3,(H2,19,20,21,22,23);;1H2/q;+1;/p-1. The van der Waals surface area contributed by atoms with Crippen LogP contribution in [0, 0.1) is 0 Å². The van der Waals surface area contributed by atoms with Crippen LogP contribution in [-0.2, 0) is 10.0 Å². The molecule has 0 atom stereocenters. The molecule has 0 radical (unpaired) electrons. The topological polar surface area (TPSA) is 175 Å². The average molecular weight is 477 g/mol. The second-order valence-electron chi connectivity index (χ2n) is 4.98. The second kappa shape index (κ2) is 11.8. The van der Waals surface area contributed by atoms with Gasteiger partial charge in [-0.1, -0.05) is 0 Å². The molecular formula is C14H15F3N5NaO7S. The number of anilines is 1. The number of carbonyl (C=O) groups excluding carboxylic acids is 1. The van der Waals surface area contributed by atoms with Crippen LogP contribution in [0.3, 0.4) is 0 Å². The molecule has 0 aromatic carbocycles. The van der Waals surface area contributed by atoms with Crippen LogP contribution in [0.1, 0.15) is 0 Å². The third-order valence-electron chi connectivity index (χ3n) is 2.89. The number of carbonyl (C=O) groups is 1. The Kier molecular flexibility index (Phi) is 10.9. The Balaban J connectivity index is 0.00000450. The van der Waals surface area contributed by atoms with Crippen molar-refractivity contribution in [3.8, 4) is 17.5 Å². The predicted octanol–water partition coefficient (Wildman–Crippen LogP) is -1.70. The minimum Gasteiger partial charge on any atom is -0.481 e. The molecule has 0 saturated carbocycles. The molecule has 17 heteroatoms. The molecule has 31 heavy (non-hydrogen) atoms. The minimum absolute atomic E-state index is 0. The predicted molar refractivity (Wildman–Crippen MR) is 94.1 cm³/mol. The molecule has 0 spiro atoms. The Hall–Kier alpha value is -2.40. The van der Waals surface area contributed by atoms with Gasteiger partial charge in [-0.25, -0.2) is 13.4 Å². The van der Waals surface area contributed by atoms with Crippen LogP contribution in [0.4, 0.5) is 23.9 Å². The zero-order valence-corrected chi connectivity index (χ0v) is 19.1. The second-order valence-corrected chi connectivity index (χ2v) is 6.50. The van der Waals surface area contributed by atoms with Gasteiger partial charge in [0, 0.05) is 6.20 Å². The van der Waals surface area contributed by atoms with Gasteiger partial charge in [0.15, 0.2) is 29.4 Å². The fourth-order valence-electron chi connectivity index (χ4n) is 1.78. The summed E-state index contributed by atoms with van der Waals surface area (Å²) in [5.74, 6) is -1.11. The van der Waals surface area contributed by atoms with Crippen LogP contribution in [0.25, 0.3) is 4.72 Å². The maximum atomic E-state index is 12.3. The maximum absolute atomic E-state index is 12.3. The van der Waals surface area contributed by atoms with Crippen LogP contribution in [0.15, 0.2) is 29.4 Å². The molecule has 0 aliphatic rings. The minimum atomic E-state index is -4.82. The van der Waals surface area contributed by atoms with Gasteiger partial charge in [0.2, 0.25) is 21.8 Å². The Morgan fingerprint density at radius 3 is 2.29 bits per heavy atom. The van der Waals surface area contributed by atoms with E-state index in [0.29, 0.717) is 0 Å². The number of hydrogen-bond donors (Lipinski definition) is 1. The summed E-state index contributed by atoms with van der Waals surface area (Å²) < 4.78 is 78.7. The fourth-order valence-corrected chi connectivity index (χ4v) is 2.70. The molecule has 3 N–H and O–H groups in total. The summed E-state index contributed by atoms with van der Waals surface area (Å²) >= 11 is 0. The Morgan fingerprint density at radius 2 is 1.77 bits per heavy atom. The first-order valence-corrected chi connectivity index (χ1v) is 8.88. The third kappa shape index (κ3) is 8.70. The monoisotopic (exact) mass is 477 g/mol. The summed E-state index contributed by atoms with van der Waals surface area (Å²) in [6.45, 7) is -1.76. The quantitative estimate of drug-likeness (QED) is 0.456. The van der Waals surface area contributed by atoms with Gasteiger partial charge in [0.1, 0.15) is 0 Å². The smallest absolute Gasteiger partial charge is 0.481 e. The molecule has 2 aromatic rings. The van der Waals surface area contributed by atoms with Crippen LogP contribution >= 0.6 is 0 Å². The summed E-state index contributed by atoms with van der Waals surface area (Å²) in [5, 5.41) is 1.01. The van der Waals surface area contributed by atoms with Crippen molar-refractivity contribution >= 4 is 22.0 Å². The van der Waals surface area contributed by atoms with E-state index in [9.17, 15) is 26.4 Å². The summed E-state index contributed by atoms with van der Waals surface area (Å²) in [4.78, 5) is 22.9.